The van der Waals surface area contributed by atoms with Crippen molar-refractivity contribution in [3.8, 4) is 5.75 Å². The van der Waals surface area contributed by atoms with Gasteiger partial charge in [0.15, 0.2) is 11.6 Å². The van der Waals surface area contributed by atoms with Crippen LogP contribution >= 0.6 is 0 Å². The largest absolute Gasteiger partial charge is 0.492 e. The number of hydrogen-bond donors (Lipinski definition) is 2. The van der Waals surface area contributed by atoms with Gasteiger partial charge in [0.1, 0.15) is 0 Å². The molecule has 2 rings (SSSR count). The lowest BCUT2D eigenvalue weighted by molar-refractivity contribution is 0.387. The maximum absolute atomic E-state index is 13.7. The van der Waals surface area contributed by atoms with Gasteiger partial charge >= 0.3 is 0 Å². The topological polar surface area (TPSA) is 81.4 Å². The summed E-state index contributed by atoms with van der Waals surface area (Å²) in [5, 5.41) is 0. The van der Waals surface area contributed by atoms with E-state index in [1.54, 1.807) is 0 Å². The lowest BCUT2D eigenvalue weighted by atomic mass is 9.96. The number of nitrogens with one attached hydrogen (secondary N) is 1. The predicted octanol–water partition coefficient (Wildman–Crippen LogP) is 2.03. The van der Waals surface area contributed by atoms with Crippen molar-refractivity contribution in [2.45, 2.75) is 43.0 Å². The molecule has 1 aliphatic rings. The van der Waals surface area contributed by atoms with Crippen LogP contribution in [0.1, 0.15) is 32.1 Å². The Kier molecular flexibility index (Phi) is 4.49. The second-order valence-electron chi connectivity index (χ2n) is 4.98. The molecule has 0 bridgehead atoms. The molecule has 0 radical (unpaired) electrons. The third-order valence-electron chi connectivity index (χ3n) is 3.49. The number of methoxy groups -OCH3 is 1. The summed E-state index contributed by atoms with van der Waals surface area (Å²) in [4.78, 5) is -0.168. The van der Waals surface area contributed by atoms with Gasteiger partial charge in [0.2, 0.25) is 10.0 Å². The van der Waals surface area contributed by atoms with E-state index in [0.29, 0.717) is 0 Å². The molecular formula is C13H19FN2O3S. The molecule has 0 aromatic heterocycles. The first kappa shape index (κ1) is 15.1. The van der Waals surface area contributed by atoms with E-state index < -0.39 is 15.8 Å². The molecule has 7 heteroatoms. The summed E-state index contributed by atoms with van der Waals surface area (Å²) in [5.41, 5.74) is 5.57. The highest BCUT2D eigenvalue weighted by molar-refractivity contribution is 7.89. The Bertz CT molecular complexity index is 560. The van der Waals surface area contributed by atoms with E-state index in [1.807, 2.05) is 0 Å². The third kappa shape index (κ3) is 3.21. The molecule has 112 valence electrons. The van der Waals surface area contributed by atoms with Crippen molar-refractivity contribution in [1.29, 1.82) is 0 Å². The Morgan fingerprint density at radius 3 is 2.50 bits per heavy atom. The number of halogens is 1. The number of rotatable bonds is 4. The molecule has 1 aliphatic carbocycles. The monoisotopic (exact) mass is 302 g/mol. The van der Waals surface area contributed by atoms with Crippen LogP contribution in [-0.2, 0) is 10.0 Å². The van der Waals surface area contributed by atoms with Crippen molar-refractivity contribution in [3.63, 3.8) is 0 Å². The van der Waals surface area contributed by atoms with E-state index in [-0.39, 0.29) is 22.4 Å². The number of sulfonamides is 1. The molecule has 20 heavy (non-hydrogen) atoms. The fourth-order valence-corrected chi connectivity index (χ4v) is 3.82. The van der Waals surface area contributed by atoms with Crippen LogP contribution in [-0.4, -0.2) is 21.6 Å². The van der Waals surface area contributed by atoms with Gasteiger partial charge in [-0.2, -0.15) is 0 Å². The van der Waals surface area contributed by atoms with Gasteiger partial charge in [-0.1, -0.05) is 19.3 Å². The Labute approximate surface area is 118 Å². The number of anilines is 1. The quantitative estimate of drug-likeness (QED) is 0.834. The average Bonchev–Trinajstić information content (AvgIpc) is 2.39. The Balaban J connectivity index is 2.25. The standard InChI is InChI=1S/C13H19FN2O3S/c1-19-13-11(14)7-10(8-12(13)15)20(17,18)16-9-5-3-2-4-6-9/h7-9,16H,2-6,15H2,1H3. The first-order valence-corrected chi connectivity index (χ1v) is 8.07. The van der Waals surface area contributed by atoms with Crippen LogP contribution in [0, 0.1) is 5.82 Å². The lowest BCUT2D eigenvalue weighted by Crippen LogP contribution is -2.36. The molecule has 0 atom stereocenters. The first-order chi connectivity index (χ1) is 9.44. The van der Waals surface area contributed by atoms with Gasteiger partial charge in [-0.25, -0.2) is 17.5 Å². The number of nitrogens with two attached hydrogens (primary N) is 1. The molecule has 0 unspecified atom stereocenters. The van der Waals surface area contributed by atoms with Crippen LogP contribution in [0.5, 0.6) is 5.75 Å². The number of benzene rings is 1. The van der Waals surface area contributed by atoms with Gasteiger partial charge in [0.25, 0.3) is 0 Å². The normalized spacial score (nSPS) is 17.1. The molecule has 5 nitrogen and oxygen atoms in total. The Morgan fingerprint density at radius 2 is 1.95 bits per heavy atom. The minimum Gasteiger partial charge on any atom is -0.492 e. The van der Waals surface area contributed by atoms with E-state index in [4.69, 9.17) is 10.5 Å². The zero-order valence-corrected chi connectivity index (χ0v) is 12.2. The van der Waals surface area contributed by atoms with Gasteiger partial charge in [0.05, 0.1) is 17.7 Å². The highest BCUT2D eigenvalue weighted by Crippen LogP contribution is 2.29. The molecule has 0 spiro atoms. The predicted molar refractivity (Wildman–Crippen MR) is 74.6 cm³/mol. The molecule has 3 N–H and O–H groups in total. The van der Waals surface area contributed by atoms with Crippen LogP contribution in [0.25, 0.3) is 0 Å². The molecule has 1 fully saturated rings. The van der Waals surface area contributed by atoms with Crippen LogP contribution in [0.15, 0.2) is 17.0 Å². The van der Waals surface area contributed by atoms with Crippen LogP contribution < -0.4 is 15.2 Å². The average molecular weight is 302 g/mol. The van der Waals surface area contributed by atoms with Crippen molar-refractivity contribution in [1.82, 2.24) is 4.72 Å². The van der Waals surface area contributed by atoms with Gasteiger partial charge in [0, 0.05) is 6.04 Å². The Morgan fingerprint density at radius 1 is 1.30 bits per heavy atom. The van der Waals surface area contributed by atoms with E-state index >= 15 is 0 Å². The molecule has 0 amide bonds. The summed E-state index contributed by atoms with van der Waals surface area (Å²) in [5.74, 6) is -0.918. The molecule has 0 aliphatic heterocycles. The Hall–Kier alpha value is -1.34. The number of ether oxygens (including phenoxy) is 1. The minimum atomic E-state index is -3.76. The van der Waals surface area contributed by atoms with Crippen molar-refractivity contribution < 1.29 is 17.5 Å². The molecule has 1 saturated carbocycles. The van der Waals surface area contributed by atoms with Gasteiger partial charge < -0.3 is 10.5 Å². The summed E-state index contributed by atoms with van der Waals surface area (Å²) >= 11 is 0. The maximum Gasteiger partial charge on any atom is 0.241 e. The summed E-state index contributed by atoms with van der Waals surface area (Å²) in [6.45, 7) is 0. The molecule has 0 saturated heterocycles. The molecule has 1 aromatic carbocycles. The third-order valence-corrected chi connectivity index (χ3v) is 4.99. The van der Waals surface area contributed by atoms with Crippen LogP contribution in [0.3, 0.4) is 0 Å². The van der Waals surface area contributed by atoms with Crippen LogP contribution in [0.2, 0.25) is 0 Å². The van der Waals surface area contributed by atoms with E-state index in [0.717, 1.165) is 38.2 Å². The highest BCUT2D eigenvalue weighted by Gasteiger charge is 2.24. The zero-order chi connectivity index (χ0) is 14.8. The second-order valence-corrected chi connectivity index (χ2v) is 6.70. The van der Waals surface area contributed by atoms with Crippen molar-refractivity contribution >= 4 is 15.7 Å². The zero-order valence-electron chi connectivity index (χ0n) is 11.4. The minimum absolute atomic E-state index is 0.0310. The van der Waals surface area contributed by atoms with Crippen molar-refractivity contribution in [2.75, 3.05) is 12.8 Å². The first-order valence-electron chi connectivity index (χ1n) is 6.59. The summed E-state index contributed by atoms with van der Waals surface area (Å²) in [6, 6.07) is 2.06. The van der Waals surface area contributed by atoms with Gasteiger partial charge in [-0.3, -0.25) is 0 Å². The fraction of sp³-hybridized carbons (Fsp3) is 0.538. The van der Waals surface area contributed by atoms with Crippen molar-refractivity contribution in [2.24, 2.45) is 0 Å². The van der Waals surface area contributed by atoms with Crippen molar-refractivity contribution in [3.05, 3.63) is 17.9 Å². The maximum atomic E-state index is 13.7. The summed E-state index contributed by atoms with van der Waals surface area (Å²) in [6.07, 6.45) is 4.77. The molecule has 0 heterocycles. The highest BCUT2D eigenvalue weighted by atomic mass is 32.2. The molecular weight excluding hydrogens is 283 g/mol. The van der Waals surface area contributed by atoms with E-state index in [2.05, 4.69) is 4.72 Å². The summed E-state index contributed by atoms with van der Waals surface area (Å²) < 4.78 is 45.6. The lowest BCUT2D eigenvalue weighted by Gasteiger charge is -2.22. The second kappa shape index (κ2) is 5.97. The molecule has 1 aromatic rings. The van der Waals surface area contributed by atoms with E-state index in [9.17, 15) is 12.8 Å². The van der Waals surface area contributed by atoms with Gasteiger partial charge in [-0.15, -0.1) is 0 Å². The SMILES string of the molecule is COc1c(N)cc(S(=O)(=O)NC2CCCCC2)cc1F. The van der Waals surface area contributed by atoms with Gasteiger partial charge in [-0.05, 0) is 25.0 Å². The number of hydrogen-bond acceptors (Lipinski definition) is 4. The van der Waals surface area contributed by atoms with Crippen LogP contribution in [0.4, 0.5) is 10.1 Å². The van der Waals surface area contributed by atoms with E-state index in [1.165, 1.54) is 13.2 Å². The smallest absolute Gasteiger partial charge is 0.241 e. The fourth-order valence-electron chi connectivity index (χ4n) is 2.47. The summed E-state index contributed by atoms with van der Waals surface area (Å²) in [7, 11) is -2.47. The number of nitrogen functional groups attached to an aromatic ring is 1.